The molecule has 2 aromatic rings. The maximum atomic E-state index is 11.9. The molecule has 0 heterocycles. The van der Waals surface area contributed by atoms with Crippen molar-refractivity contribution in [2.24, 2.45) is 0 Å². The van der Waals surface area contributed by atoms with E-state index in [2.05, 4.69) is 26.6 Å². The molecular formula is C17H17BrN2O2. The first-order chi connectivity index (χ1) is 10.5. The van der Waals surface area contributed by atoms with Crippen LogP contribution in [0, 0.1) is 6.92 Å². The predicted octanol–water partition coefficient (Wildman–Crippen LogP) is 3.52. The highest BCUT2D eigenvalue weighted by Gasteiger charge is 2.07. The normalized spacial score (nSPS) is 10.1. The fraction of sp³-hybridized carbons (Fsp3) is 0.176. The van der Waals surface area contributed by atoms with Crippen LogP contribution in [0.5, 0.6) is 0 Å². The van der Waals surface area contributed by atoms with Gasteiger partial charge in [0.2, 0.25) is 5.91 Å². The Bertz CT molecular complexity index is 686. The van der Waals surface area contributed by atoms with Gasteiger partial charge in [0.1, 0.15) is 0 Å². The molecule has 2 N–H and O–H groups in total. The summed E-state index contributed by atoms with van der Waals surface area (Å²) in [6.45, 7) is 2.23. The molecular weight excluding hydrogens is 344 g/mol. The number of nitrogens with one attached hydrogen (secondary N) is 2. The van der Waals surface area contributed by atoms with Crippen LogP contribution in [-0.2, 0) is 4.79 Å². The molecule has 0 spiro atoms. The highest BCUT2D eigenvalue weighted by atomic mass is 79.9. The second-order valence-corrected chi connectivity index (χ2v) is 5.85. The number of carbonyl (C=O) groups is 2. The molecule has 0 aliphatic carbocycles. The largest absolute Gasteiger partial charge is 0.352 e. The lowest BCUT2D eigenvalue weighted by Gasteiger charge is -2.07. The maximum Gasteiger partial charge on any atom is 0.251 e. The van der Waals surface area contributed by atoms with Crippen molar-refractivity contribution in [2.75, 3.05) is 11.9 Å². The predicted molar refractivity (Wildman–Crippen MR) is 90.9 cm³/mol. The minimum Gasteiger partial charge on any atom is -0.352 e. The van der Waals surface area contributed by atoms with E-state index in [9.17, 15) is 9.59 Å². The highest BCUT2D eigenvalue weighted by molar-refractivity contribution is 9.10. The van der Waals surface area contributed by atoms with Crippen molar-refractivity contribution < 1.29 is 9.59 Å². The minimum atomic E-state index is -0.168. The summed E-state index contributed by atoms with van der Waals surface area (Å²) < 4.78 is 0.901. The van der Waals surface area contributed by atoms with Gasteiger partial charge in [0.05, 0.1) is 0 Å². The van der Waals surface area contributed by atoms with E-state index >= 15 is 0 Å². The summed E-state index contributed by atoms with van der Waals surface area (Å²) in [5.41, 5.74) is 2.36. The summed E-state index contributed by atoms with van der Waals surface area (Å²) in [4.78, 5) is 23.8. The Morgan fingerprint density at radius 1 is 1.09 bits per heavy atom. The van der Waals surface area contributed by atoms with Gasteiger partial charge in [-0.2, -0.15) is 0 Å². The summed E-state index contributed by atoms with van der Waals surface area (Å²) in [6.07, 6.45) is 0.226. The number of anilines is 1. The molecule has 2 rings (SSSR count). The van der Waals surface area contributed by atoms with Crippen molar-refractivity contribution in [3.8, 4) is 0 Å². The van der Waals surface area contributed by atoms with Crippen molar-refractivity contribution in [1.29, 1.82) is 0 Å². The zero-order chi connectivity index (χ0) is 15.9. The molecule has 4 nitrogen and oxygen atoms in total. The number of aryl methyl sites for hydroxylation is 1. The van der Waals surface area contributed by atoms with E-state index in [-0.39, 0.29) is 18.2 Å². The number of halogens is 1. The molecule has 0 aromatic heterocycles. The number of amides is 2. The zero-order valence-corrected chi connectivity index (χ0v) is 13.8. The SMILES string of the molecule is Cc1cccc(C(=O)NCCC(=O)Nc2cccc(Br)c2)c1. The van der Waals surface area contributed by atoms with Gasteiger partial charge in [-0.25, -0.2) is 0 Å². The molecule has 2 amide bonds. The lowest BCUT2D eigenvalue weighted by molar-refractivity contribution is -0.116. The summed E-state index contributed by atoms with van der Waals surface area (Å²) >= 11 is 3.35. The van der Waals surface area contributed by atoms with E-state index in [0.717, 1.165) is 15.7 Å². The summed E-state index contributed by atoms with van der Waals surface area (Å²) in [5.74, 6) is -0.304. The fourth-order valence-electron chi connectivity index (χ4n) is 1.97. The molecule has 0 radical (unpaired) electrons. The number of hydrogen-bond donors (Lipinski definition) is 2. The van der Waals surface area contributed by atoms with Crippen molar-refractivity contribution in [3.63, 3.8) is 0 Å². The van der Waals surface area contributed by atoms with Crippen LogP contribution in [0.1, 0.15) is 22.3 Å². The zero-order valence-electron chi connectivity index (χ0n) is 12.2. The lowest BCUT2D eigenvalue weighted by atomic mass is 10.1. The second kappa shape index (κ2) is 7.75. The summed E-state index contributed by atoms with van der Waals surface area (Å²) in [5, 5.41) is 5.53. The van der Waals surface area contributed by atoms with Crippen molar-refractivity contribution in [2.45, 2.75) is 13.3 Å². The van der Waals surface area contributed by atoms with Crippen molar-refractivity contribution >= 4 is 33.4 Å². The quantitative estimate of drug-likeness (QED) is 0.856. The van der Waals surface area contributed by atoms with Crippen molar-refractivity contribution in [1.82, 2.24) is 5.32 Å². The van der Waals surface area contributed by atoms with Gasteiger partial charge >= 0.3 is 0 Å². The Morgan fingerprint density at radius 3 is 2.59 bits per heavy atom. The van der Waals surface area contributed by atoms with Gasteiger partial charge in [0, 0.05) is 28.7 Å². The Hall–Kier alpha value is -2.14. The second-order valence-electron chi connectivity index (χ2n) is 4.93. The maximum absolute atomic E-state index is 11.9. The third-order valence-corrected chi connectivity index (χ3v) is 3.52. The number of rotatable bonds is 5. The van der Waals surface area contributed by atoms with Gasteiger partial charge in [-0.15, -0.1) is 0 Å². The molecule has 0 aliphatic rings. The van der Waals surface area contributed by atoms with Gasteiger partial charge in [-0.3, -0.25) is 9.59 Å². The number of benzene rings is 2. The number of hydrogen-bond acceptors (Lipinski definition) is 2. The van der Waals surface area contributed by atoms with Crippen LogP contribution < -0.4 is 10.6 Å². The monoisotopic (exact) mass is 360 g/mol. The van der Waals surface area contributed by atoms with Crippen LogP contribution in [0.15, 0.2) is 53.0 Å². The van der Waals surface area contributed by atoms with E-state index in [4.69, 9.17) is 0 Å². The van der Waals surface area contributed by atoms with Crippen LogP contribution in [0.2, 0.25) is 0 Å². The first-order valence-electron chi connectivity index (χ1n) is 6.95. The Labute approximate surface area is 138 Å². The molecule has 5 heteroatoms. The molecule has 0 unspecified atom stereocenters. The topological polar surface area (TPSA) is 58.2 Å². The van der Waals surface area contributed by atoms with Gasteiger partial charge in [0.15, 0.2) is 0 Å². The Kier molecular flexibility index (Phi) is 5.72. The third-order valence-electron chi connectivity index (χ3n) is 3.03. The highest BCUT2D eigenvalue weighted by Crippen LogP contribution is 2.15. The van der Waals surface area contributed by atoms with Gasteiger partial charge in [-0.05, 0) is 37.3 Å². The molecule has 0 atom stereocenters. The van der Waals surface area contributed by atoms with E-state index in [0.29, 0.717) is 12.1 Å². The van der Waals surface area contributed by atoms with E-state index < -0.39 is 0 Å². The minimum absolute atomic E-state index is 0.136. The standard InChI is InChI=1S/C17H17BrN2O2/c1-12-4-2-5-13(10-12)17(22)19-9-8-16(21)20-15-7-3-6-14(18)11-15/h2-7,10-11H,8-9H2,1H3,(H,19,22)(H,20,21). The average Bonchev–Trinajstić information content (AvgIpc) is 2.47. The fourth-order valence-corrected chi connectivity index (χ4v) is 2.37. The van der Waals surface area contributed by atoms with Gasteiger partial charge in [0.25, 0.3) is 5.91 Å². The molecule has 114 valence electrons. The van der Waals surface area contributed by atoms with Crippen LogP contribution in [0.25, 0.3) is 0 Å². The molecule has 0 fully saturated rings. The molecule has 0 bridgehead atoms. The first kappa shape index (κ1) is 16.2. The van der Waals surface area contributed by atoms with Crippen LogP contribution in [0.3, 0.4) is 0 Å². The summed E-state index contributed by atoms with van der Waals surface area (Å²) in [6, 6.07) is 14.7. The van der Waals surface area contributed by atoms with E-state index in [1.807, 2.05) is 49.4 Å². The van der Waals surface area contributed by atoms with Crippen LogP contribution >= 0.6 is 15.9 Å². The lowest BCUT2D eigenvalue weighted by Crippen LogP contribution is -2.27. The average molecular weight is 361 g/mol. The van der Waals surface area contributed by atoms with Crippen LogP contribution in [0.4, 0.5) is 5.69 Å². The van der Waals surface area contributed by atoms with Gasteiger partial charge in [-0.1, -0.05) is 39.7 Å². The van der Waals surface area contributed by atoms with Gasteiger partial charge < -0.3 is 10.6 Å². The van der Waals surface area contributed by atoms with E-state index in [1.54, 1.807) is 6.07 Å². The molecule has 2 aromatic carbocycles. The molecule has 22 heavy (non-hydrogen) atoms. The smallest absolute Gasteiger partial charge is 0.251 e. The molecule has 0 saturated carbocycles. The van der Waals surface area contributed by atoms with Crippen LogP contribution in [-0.4, -0.2) is 18.4 Å². The number of carbonyl (C=O) groups excluding carboxylic acids is 2. The van der Waals surface area contributed by atoms with Crippen molar-refractivity contribution in [3.05, 3.63) is 64.1 Å². The Balaban J connectivity index is 1.78. The first-order valence-corrected chi connectivity index (χ1v) is 7.74. The third kappa shape index (κ3) is 5.00. The summed E-state index contributed by atoms with van der Waals surface area (Å²) in [7, 11) is 0. The molecule has 0 aliphatic heterocycles. The van der Waals surface area contributed by atoms with E-state index in [1.165, 1.54) is 0 Å². The molecule has 0 saturated heterocycles. The Morgan fingerprint density at radius 2 is 1.86 bits per heavy atom.